The van der Waals surface area contributed by atoms with Gasteiger partial charge in [0.05, 0.1) is 10.6 Å². The molecule has 1 aliphatic rings. The fourth-order valence-corrected chi connectivity index (χ4v) is 2.92. The van der Waals surface area contributed by atoms with Gasteiger partial charge < -0.3 is 10.4 Å². The minimum absolute atomic E-state index is 0.0180. The van der Waals surface area contributed by atoms with Crippen LogP contribution in [0, 0.1) is 12.7 Å². The molecular formula is C14H11ClFN3OS. The first-order valence-corrected chi connectivity index (χ1v) is 7.29. The molecule has 108 valence electrons. The van der Waals surface area contributed by atoms with Crippen molar-refractivity contribution < 1.29 is 9.50 Å². The van der Waals surface area contributed by atoms with Gasteiger partial charge in [0, 0.05) is 11.1 Å². The number of aliphatic imine (C=N–C) groups is 1. The van der Waals surface area contributed by atoms with E-state index in [1.807, 2.05) is 6.92 Å². The number of nitrogens with one attached hydrogen (secondary N) is 2. The van der Waals surface area contributed by atoms with Gasteiger partial charge in [-0.15, -0.1) is 0 Å². The van der Waals surface area contributed by atoms with Gasteiger partial charge in [-0.3, -0.25) is 4.72 Å². The second kappa shape index (κ2) is 5.46. The van der Waals surface area contributed by atoms with Crippen LogP contribution >= 0.6 is 23.5 Å². The zero-order chi connectivity index (χ0) is 15.0. The minimum Gasteiger partial charge on any atom is -0.506 e. The highest BCUT2D eigenvalue weighted by atomic mass is 35.5. The second-order valence-electron chi connectivity index (χ2n) is 4.54. The number of halogens is 2. The zero-order valence-corrected chi connectivity index (χ0v) is 12.5. The predicted molar refractivity (Wildman–Crippen MR) is 84.0 cm³/mol. The van der Waals surface area contributed by atoms with E-state index in [1.54, 1.807) is 18.2 Å². The number of phenolic OH excluding ortho intramolecular Hbond substituents is 1. The Hall–Kier alpha value is -1.92. The molecule has 0 atom stereocenters. The average molecular weight is 324 g/mol. The molecule has 0 saturated carbocycles. The highest BCUT2D eigenvalue weighted by molar-refractivity contribution is 7.98. The average Bonchev–Trinajstić information content (AvgIpc) is 2.43. The number of guanidine groups is 1. The molecule has 3 N–H and O–H groups in total. The van der Waals surface area contributed by atoms with Crippen LogP contribution in [-0.2, 0) is 0 Å². The van der Waals surface area contributed by atoms with Gasteiger partial charge in [-0.1, -0.05) is 17.7 Å². The van der Waals surface area contributed by atoms with E-state index >= 15 is 0 Å². The molecule has 2 aromatic carbocycles. The summed E-state index contributed by atoms with van der Waals surface area (Å²) in [5.41, 5.74) is 1.65. The van der Waals surface area contributed by atoms with Crippen LogP contribution in [0.25, 0.3) is 0 Å². The summed E-state index contributed by atoms with van der Waals surface area (Å²) < 4.78 is 16.7. The lowest BCUT2D eigenvalue weighted by molar-refractivity contribution is 0.475. The molecule has 7 heteroatoms. The summed E-state index contributed by atoms with van der Waals surface area (Å²) >= 11 is 7.12. The lowest BCUT2D eigenvalue weighted by atomic mass is 10.2. The predicted octanol–water partition coefficient (Wildman–Crippen LogP) is 4.20. The van der Waals surface area contributed by atoms with Gasteiger partial charge >= 0.3 is 0 Å². The Balaban J connectivity index is 1.94. The molecule has 0 saturated heterocycles. The van der Waals surface area contributed by atoms with Crippen molar-refractivity contribution in [1.29, 1.82) is 0 Å². The van der Waals surface area contributed by atoms with Crippen molar-refractivity contribution in [2.45, 2.75) is 11.8 Å². The molecule has 3 rings (SSSR count). The number of phenols is 1. The number of nitrogens with zero attached hydrogens (tertiary/aromatic N) is 1. The number of rotatable bonds is 1. The number of aryl methyl sites for hydroxylation is 1. The zero-order valence-electron chi connectivity index (χ0n) is 10.9. The number of anilines is 1. The monoisotopic (exact) mass is 323 g/mol. The van der Waals surface area contributed by atoms with Gasteiger partial charge in [-0.2, -0.15) is 0 Å². The molecule has 0 spiro atoms. The van der Waals surface area contributed by atoms with Crippen LogP contribution in [0.1, 0.15) is 5.56 Å². The highest BCUT2D eigenvalue weighted by Gasteiger charge is 2.17. The maximum atomic E-state index is 13.7. The second-order valence-corrected chi connectivity index (χ2v) is 5.83. The Kier molecular flexibility index (Phi) is 3.65. The lowest BCUT2D eigenvalue weighted by Gasteiger charge is -2.19. The van der Waals surface area contributed by atoms with E-state index in [4.69, 9.17) is 11.6 Å². The van der Waals surface area contributed by atoms with E-state index in [0.29, 0.717) is 27.3 Å². The third-order valence-corrected chi connectivity index (χ3v) is 3.92. The number of fused-ring (bicyclic) bond motifs is 1. The van der Waals surface area contributed by atoms with Gasteiger partial charge in [0.2, 0.25) is 5.96 Å². The third kappa shape index (κ3) is 2.91. The fraction of sp³-hybridized carbons (Fsp3) is 0.0714. The molecular weight excluding hydrogens is 313 g/mol. The van der Waals surface area contributed by atoms with Gasteiger partial charge in [0.1, 0.15) is 17.3 Å². The van der Waals surface area contributed by atoms with E-state index in [2.05, 4.69) is 15.0 Å². The molecule has 0 amide bonds. The molecule has 0 aromatic heterocycles. The van der Waals surface area contributed by atoms with Crippen LogP contribution in [0.3, 0.4) is 0 Å². The first kappa shape index (κ1) is 14.0. The Bertz CT molecular complexity index is 751. The summed E-state index contributed by atoms with van der Waals surface area (Å²) in [5.74, 6) is -0.0497. The van der Waals surface area contributed by atoms with Crippen LogP contribution in [0.4, 0.5) is 15.8 Å². The van der Waals surface area contributed by atoms with Crippen molar-refractivity contribution in [3.63, 3.8) is 0 Å². The standard InChI is InChI=1S/C14H11ClFN3OS/c1-7-2-3-9(16)10(4-7)17-14-18-13-11(20)5-8(15)6-12(13)21-19-14/h2-6,20H,1H3,(H2,17,18,19). The first-order chi connectivity index (χ1) is 10.0. The van der Waals surface area contributed by atoms with Crippen LogP contribution in [-0.4, -0.2) is 11.1 Å². The minimum atomic E-state index is -0.374. The van der Waals surface area contributed by atoms with E-state index < -0.39 is 0 Å². The molecule has 1 aliphatic heterocycles. The van der Waals surface area contributed by atoms with Crippen molar-refractivity contribution >= 4 is 40.9 Å². The molecule has 0 aliphatic carbocycles. The topological polar surface area (TPSA) is 56.7 Å². The number of aromatic hydroxyl groups is 1. The Labute approximate surface area is 130 Å². The van der Waals surface area contributed by atoms with E-state index in [0.717, 1.165) is 5.56 Å². The quantitative estimate of drug-likeness (QED) is 0.688. The molecule has 0 bridgehead atoms. The molecule has 1 heterocycles. The maximum Gasteiger partial charge on any atom is 0.211 e. The smallest absolute Gasteiger partial charge is 0.211 e. The number of hydrogen-bond acceptors (Lipinski definition) is 5. The van der Waals surface area contributed by atoms with E-state index in [1.165, 1.54) is 24.1 Å². The van der Waals surface area contributed by atoms with Crippen molar-refractivity contribution in [2.75, 3.05) is 5.32 Å². The molecule has 2 aromatic rings. The Morgan fingerprint density at radius 3 is 2.95 bits per heavy atom. The molecule has 4 nitrogen and oxygen atoms in total. The summed E-state index contributed by atoms with van der Waals surface area (Å²) in [6.07, 6.45) is 0. The van der Waals surface area contributed by atoms with Gasteiger partial charge in [-0.25, -0.2) is 9.38 Å². The van der Waals surface area contributed by atoms with Crippen molar-refractivity contribution in [1.82, 2.24) is 4.72 Å². The highest BCUT2D eigenvalue weighted by Crippen LogP contribution is 2.41. The van der Waals surface area contributed by atoms with Crippen LogP contribution in [0.15, 0.2) is 40.2 Å². The summed E-state index contributed by atoms with van der Waals surface area (Å²) in [6.45, 7) is 1.87. The molecule has 0 unspecified atom stereocenters. The summed E-state index contributed by atoms with van der Waals surface area (Å²) in [7, 11) is 0. The van der Waals surface area contributed by atoms with E-state index in [9.17, 15) is 9.50 Å². The summed E-state index contributed by atoms with van der Waals surface area (Å²) in [5, 5.41) is 13.2. The maximum absolute atomic E-state index is 13.7. The summed E-state index contributed by atoms with van der Waals surface area (Å²) in [4.78, 5) is 4.95. The largest absolute Gasteiger partial charge is 0.506 e. The van der Waals surface area contributed by atoms with Gasteiger partial charge in [-0.05, 0) is 42.6 Å². The van der Waals surface area contributed by atoms with Crippen molar-refractivity contribution in [3.05, 3.63) is 46.7 Å². The van der Waals surface area contributed by atoms with Crippen LogP contribution in [0.2, 0.25) is 5.02 Å². The molecule has 0 radical (unpaired) electrons. The van der Waals surface area contributed by atoms with E-state index in [-0.39, 0.29) is 11.6 Å². The normalized spacial score (nSPS) is 13.2. The Morgan fingerprint density at radius 1 is 1.33 bits per heavy atom. The third-order valence-electron chi connectivity index (χ3n) is 2.88. The fourth-order valence-electron chi connectivity index (χ4n) is 1.90. The summed E-state index contributed by atoms with van der Waals surface area (Å²) in [6, 6.07) is 7.87. The number of benzene rings is 2. The van der Waals surface area contributed by atoms with Gasteiger partial charge in [0.25, 0.3) is 0 Å². The van der Waals surface area contributed by atoms with Crippen LogP contribution < -0.4 is 10.0 Å². The number of hydrogen-bond donors (Lipinski definition) is 3. The first-order valence-electron chi connectivity index (χ1n) is 6.10. The van der Waals surface area contributed by atoms with Crippen molar-refractivity contribution in [3.8, 4) is 5.75 Å². The molecule has 21 heavy (non-hydrogen) atoms. The molecule has 0 fully saturated rings. The van der Waals surface area contributed by atoms with Crippen molar-refractivity contribution in [2.24, 2.45) is 4.99 Å². The Morgan fingerprint density at radius 2 is 2.14 bits per heavy atom. The van der Waals surface area contributed by atoms with Gasteiger partial charge in [0.15, 0.2) is 0 Å². The SMILES string of the molecule is Cc1ccc(F)c(NC2=Nc3c(O)cc(Cl)cc3SN2)c1. The van der Waals surface area contributed by atoms with Crippen LogP contribution in [0.5, 0.6) is 5.75 Å². The lowest BCUT2D eigenvalue weighted by Crippen LogP contribution is -2.27.